The molecule has 0 fully saturated rings. The Kier molecular flexibility index (Phi) is 6.91. The van der Waals surface area contributed by atoms with Gasteiger partial charge in [-0.15, -0.1) is 32.2 Å². The van der Waals surface area contributed by atoms with E-state index in [1.807, 2.05) is 6.07 Å². The van der Waals surface area contributed by atoms with Crippen molar-refractivity contribution in [3.05, 3.63) is 29.4 Å². The fourth-order valence-corrected chi connectivity index (χ4v) is 1.72. The molecule has 19 heavy (non-hydrogen) atoms. The lowest BCUT2D eigenvalue weighted by molar-refractivity contribution is 0.936. The predicted molar refractivity (Wildman–Crippen MR) is 78.9 cm³/mol. The topological polar surface area (TPSA) is 104 Å². The summed E-state index contributed by atoms with van der Waals surface area (Å²) in [5.41, 5.74) is 10.6. The van der Waals surface area contributed by atoms with E-state index in [4.69, 9.17) is 23.1 Å². The van der Waals surface area contributed by atoms with Crippen molar-refractivity contribution in [2.75, 3.05) is 17.2 Å². The standard InChI is InChI=1S/C7H11N3S.C4H4ClN3/c1-2-5-11-7-4-3-6(8)9-10-7;5-3-1-2-4(6)8-7-3/h3-4H,2,5H2,1H3,(H2,8,9);1-2H,(H2,6,8). The van der Waals surface area contributed by atoms with Crippen molar-refractivity contribution in [3.8, 4) is 0 Å². The van der Waals surface area contributed by atoms with Crippen LogP contribution in [0.5, 0.6) is 0 Å². The van der Waals surface area contributed by atoms with Crippen LogP contribution in [-0.4, -0.2) is 26.1 Å². The lowest BCUT2D eigenvalue weighted by Gasteiger charge is -1.96. The summed E-state index contributed by atoms with van der Waals surface area (Å²) >= 11 is 7.08. The number of anilines is 2. The Morgan fingerprint density at radius 3 is 2.05 bits per heavy atom. The maximum Gasteiger partial charge on any atom is 0.151 e. The second-order valence-electron chi connectivity index (χ2n) is 3.43. The van der Waals surface area contributed by atoms with Gasteiger partial charge in [-0.05, 0) is 36.4 Å². The monoisotopic (exact) mass is 298 g/mol. The Morgan fingerprint density at radius 2 is 1.63 bits per heavy atom. The van der Waals surface area contributed by atoms with E-state index in [0.717, 1.165) is 17.2 Å². The number of nitrogens with two attached hydrogens (primary N) is 2. The summed E-state index contributed by atoms with van der Waals surface area (Å²) in [7, 11) is 0. The summed E-state index contributed by atoms with van der Waals surface area (Å²) in [5, 5.41) is 15.9. The quantitative estimate of drug-likeness (QED) is 0.838. The molecule has 0 amide bonds. The second kappa shape index (κ2) is 8.49. The highest BCUT2D eigenvalue weighted by atomic mass is 35.5. The maximum atomic E-state index is 5.38. The van der Waals surface area contributed by atoms with Crippen LogP contribution < -0.4 is 11.5 Å². The zero-order valence-electron chi connectivity index (χ0n) is 10.5. The SMILES string of the molecule is CCCSc1ccc(N)nn1.Nc1ccc(Cl)nn1. The third-order valence-corrected chi connectivity index (χ3v) is 3.09. The molecule has 2 rings (SSSR count). The van der Waals surface area contributed by atoms with E-state index in [-0.39, 0.29) is 0 Å². The molecule has 0 saturated carbocycles. The number of halogens is 1. The number of aromatic nitrogens is 4. The first-order valence-corrected chi connectivity index (χ1v) is 6.95. The number of thioether (sulfide) groups is 1. The molecule has 2 aromatic rings. The molecule has 4 N–H and O–H groups in total. The van der Waals surface area contributed by atoms with E-state index in [2.05, 4.69) is 27.3 Å². The van der Waals surface area contributed by atoms with Crippen LogP contribution in [0, 0.1) is 0 Å². The molecule has 2 heterocycles. The highest BCUT2D eigenvalue weighted by Crippen LogP contribution is 2.14. The number of nitrogens with zero attached hydrogens (tertiary/aromatic N) is 4. The highest BCUT2D eigenvalue weighted by molar-refractivity contribution is 7.99. The summed E-state index contributed by atoms with van der Waals surface area (Å²) in [6, 6.07) is 6.84. The minimum atomic E-state index is 0.360. The normalized spacial score (nSPS) is 9.58. The van der Waals surface area contributed by atoms with Gasteiger partial charge in [0.2, 0.25) is 0 Å². The minimum Gasteiger partial charge on any atom is -0.382 e. The van der Waals surface area contributed by atoms with Crippen LogP contribution in [0.15, 0.2) is 29.3 Å². The Bertz CT molecular complexity index is 455. The van der Waals surface area contributed by atoms with Crippen LogP contribution in [0.3, 0.4) is 0 Å². The fourth-order valence-electron chi connectivity index (χ4n) is 0.940. The van der Waals surface area contributed by atoms with E-state index in [1.165, 1.54) is 0 Å². The maximum absolute atomic E-state index is 5.38. The number of rotatable bonds is 3. The number of nitrogen functional groups attached to an aromatic ring is 2. The number of hydrogen-bond acceptors (Lipinski definition) is 7. The summed E-state index contributed by atoms with van der Waals surface area (Å²) in [6.45, 7) is 2.14. The summed E-state index contributed by atoms with van der Waals surface area (Å²) in [4.78, 5) is 0. The molecule has 8 heteroatoms. The van der Waals surface area contributed by atoms with Gasteiger partial charge in [-0.1, -0.05) is 18.5 Å². The van der Waals surface area contributed by atoms with Crippen LogP contribution in [0.4, 0.5) is 11.6 Å². The third kappa shape index (κ3) is 6.78. The lowest BCUT2D eigenvalue weighted by atomic mass is 10.5. The summed E-state index contributed by atoms with van der Waals surface area (Å²) in [6.07, 6.45) is 1.15. The van der Waals surface area contributed by atoms with Crippen LogP contribution >= 0.6 is 23.4 Å². The molecular formula is C11H15ClN6S. The molecular weight excluding hydrogens is 284 g/mol. The Balaban J connectivity index is 0.000000200. The van der Waals surface area contributed by atoms with Gasteiger partial charge in [-0.3, -0.25) is 0 Å². The average Bonchev–Trinajstić information content (AvgIpc) is 2.42. The van der Waals surface area contributed by atoms with Crippen molar-refractivity contribution in [1.82, 2.24) is 20.4 Å². The van der Waals surface area contributed by atoms with Gasteiger partial charge >= 0.3 is 0 Å². The van der Waals surface area contributed by atoms with E-state index < -0.39 is 0 Å². The molecule has 0 aliphatic rings. The number of hydrogen-bond donors (Lipinski definition) is 2. The summed E-state index contributed by atoms with van der Waals surface area (Å²) < 4.78 is 0. The molecule has 0 aromatic carbocycles. The molecule has 0 unspecified atom stereocenters. The Hall–Kier alpha value is -1.60. The smallest absolute Gasteiger partial charge is 0.151 e. The predicted octanol–water partition coefficient (Wildman–Crippen LogP) is 2.27. The molecule has 0 aliphatic carbocycles. The van der Waals surface area contributed by atoms with Crippen LogP contribution in [0.25, 0.3) is 0 Å². The van der Waals surface area contributed by atoms with Crippen molar-refractivity contribution >= 4 is 35.0 Å². The minimum absolute atomic E-state index is 0.360. The van der Waals surface area contributed by atoms with Crippen LogP contribution in [0.1, 0.15) is 13.3 Å². The van der Waals surface area contributed by atoms with Gasteiger partial charge in [0.15, 0.2) is 5.15 Å². The Labute approximate surface area is 121 Å². The van der Waals surface area contributed by atoms with Crippen molar-refractivity contribution < 1.29 is 0 Å². The van der Waals surface area contributed by atoms with E-state index in [9.17, 15) is 0 Å². The zero-order valence-corrected chi connectivity index (χ0v) is 12.0. The van der Waals surface area contributed by atoms with Gasteiger partial charge in [-0.25, -0.2) is 0 Å². The van der Waals surface area contributed by atoms with Crippen molar-refractivity contribution in [2.24, 2.45) is 0 Å². The molecule has 0 saturated heterocycles. The first-order chi connectivity index (χ1) is 9.11. The fraction of sp³-hybridized carbons (Fsp3) is 0.273. The molecule has 0 aliphatic heterocycles. The van der Waals surface area contributed by atoms with Crippen molar-refractivity contribution in [3.63, 3.8) is 0 Å². The molecule has 2 aromatic heterocycles. The molecule has 0 spiro atoms. The first kappa shape index (κ1) is 15.5. The van der Waals surface area contributed by atoms with Crippen molar-refractivity contribution in [2.45, 2.75) is 18.4 Å². The molecule has 0 atom stereocenters. The molecule has 0 bridgehead atoms. The summed E-state index contributed by atoms with van der Waals surface area (Å²) in [5.74, 6) is 1.94. The highest BCUT2D eigenvalue weighted by Gasteiger charge is 1.93. The Morgan fingerprint density at radius 1 is 1.00 bits per heavy atom. The van der Waals surface area contributed by atoms with E-state index in [1.54, 1.807) is 30.0 Å². The van der Waals surface area contributed by atoms with Gasteiger partial charge < -0.3 is 11.5 Å². The van der Waals surface area contributed by atoms with Crippen LogP contribution in [0.2, 0.25) is 5.15 Å². The molecule has 6 nitrogen and oxygen atoms in total. The van der Waals surface area contributed by atoms with Gasteiger partial charge in [0.25, 0.3) is 0 Å². The first-order valence-electron chi connectivity index (χ1n) is 5.58. The van der Waals surface area contributed by atoms with Crippen LogP contribution in [-0.2, 0) is 0 Å². The third-order valence-electron chi connectivity index (χ3n) is 1.77. The average molecular weight is 299 g/mol. The molecule has 102 valence electrons. The van der Waals surface area contributed by atoms with Gasteiger partial charge in [0, 0.05) is 0 Å². The van der Waals surface area contributed by atoms with Gasteiger partial charge in [0.1, 0.15) is 16.7 Å². The zero-order chi connectivity index (χ0) is 14.1. The second-order valence-corrected chi connectivity index (χ2v) is 4.93. The lowest BCUT2D eigenvalue weighted by Crippen LogP contribution is -1.92. The van der Waals surface area contributed by atoms with Gasteiger partial charge in [0.05, 0.1) is 0 Å². The van der Waals surface area contributed by atoms with E-state index in [0.29, 0.717) is 16.8 Å². The van der Waals surface area contributed by atoms with Gasteiger partial charge in [-0.2, -0.15) is 0 Å². The van der Waals surface area contributed by atoms with Crippen molar-refractivity contribution in [1.29, 1.82) is 0 Å². The molecule has 0 radical (unpaired) electrons. The largest absolute Gasteiger partial charge is 0.382 e. The van der Waals surface area contributed by atoms with E-state index >= 15 is 0 Å².